The highest BCUT2D eigenvalue weighted by Gasteiger charge is 2.35. The molecule has 1 aliphatic heterocycles. The monoisotopic (exact) mass is 944 g/mol. The zero-order valence-corrected chi connectivity index (χ0v) is 36.3. The molecule has 326 valence electrons. The van der Waals surface area contributed by atoms with Gasteiger partial charge in [0, 0.05) is 53.6 Å². The summed E-state index contributed by atoms with van der Waals surface area (Å²) in [5.41, 5.74) is 7.42. The predicted molar refractivity (Wildman–Crippen MR) is 238 cm³/mol. The van der Waals surface area contributed by atoms with E-state index in [2.05, 4.69) is 26.0 Å². The van der Waals surface area contributed by atoms with Crippen LogP contribution in [0, 0.1) is 20.2 Å². The van der Waals surface area contributed by atoms with Crippen LogP contribution in [0.5, 0.6) is 17.2 Å². The summed E-state index contributed by atoms with van der Waals surface area (Å²) in [5, 5.41) is 43.1. The molecule has 19 nitrogen and oxygen atoms in total. The number of carbonyl (C=O) groups excluding carboxylic acids is 1. The molecule has 3 heterocycles. The standard InChI is InChI=1S/C41H30Cl2N8O11S2/c1-59-29-15-21-16-31(37-35(23(21)17-30(29)60-2)45-41(64-37)49-46-25(38(52)53)13-19-7-3-5-9-27(19)50(55)56)62-39(54)26(14-20-8-4-6-10-28(20)51(57)58)47-48-40-44-34-22-11-12-24(42)33(43)36(22)61-18-32(34)63-40/h3-12,15,17,31H,13-14,16,18H2,1-2H3,(H,44,48)(H,45,49)(H,52,53)/b46-25-,47-26+. The minimum Gasteiger partial charge on any atom is -0.493 e. The molecule has 2 aliphatic rings. The number of benzene rings is 4. The summed E-state index contributed by atoms with van der Waals surface area (Å²) in [6.07, 6.45) is -1.62. The van der Waals surface area contributed by atoms with Gasteiger partial charge in [0.15, 0.2) is 17.2 Å². The molecular weight excluding hydrogens is 916 g/mol. The third kappa shape index (κ3) is 8.73. The molecule has 0 bridgehead atoms. The average molecular weight is 946 g/mol. The molecule has 4 aromatic carbocycles. The molecule has 64 heavy (non-hydrogen) atoms. The second-order valence-electron chi connectivity index (χ2n) is 13.8. The summed E-state index contributed by atoms with van der Waals surface area (Å²) < 4.78 is 23.2. The smallest absolute Gasteiger partial charge is 0.355 e. The molecule has 0 fully saturated rings. The van der Waals surface area contributed by atoms with Crippen molar-refractivity contribution in [3.8, 4) is 39.8 Å². The Labute approximate surface area is 379 Å². The highest BCUT2D eigenvalue weighted by Crippen LogP contribution is 2.49. The van der Waals surface area contributed by atoms with Crippen molar-refractivity contribution in [1.29, 1.82) is 0 Å². The molecule has 0 saturated carbocycles. The summed E-state index contributed by atoms with van der Waals surface area (Å²) in [7, 11) is 2.94. The molecule has 23 heteroatoms. The summed E-state index contributed by atoms with van der Waals surface area (Å²) in [6.45, 7) is 0.142. The number of aromatic nitrogens is 2. The highest BCUT2D eigenvalue weighted by atomic mass is 35.5. The fourth-order valence-corrected chi connectivity index (χ4v) is 9.13. The Morgan fingerprint density at radius 1 is 0.844 bits per heavy atom. The van der Waals surface area contributed by atoms with E-state index >= 15 is 0 Å². The maximum Gasteiger partial charge on any atom is 0.355 e. The minimum atomic E-state index is -1.43. The number of methoxy groups -OCH3 is 2. The van der Waals surface area contributed by atoms with Crippen molar-refractivity contribution in [3.63, 3.8) is 0 Å². The van der Waals surface area contributed by atoms with Crippen LogP contribution < -0.4 is 25.1 Å². The lowest BCUT2D eigenvalue weighted by molar-refractivity contribution is -0.385. The Kier molecular flexibility index (Phi) is 12.4. The summed E-state index contributed by atoms with van der Waals surface area (Å²) in [6, 6.07) is 18.4. The Hall–Kier alpha value is -7.20. The van der Waals surface area contributed by atoms with Gasteiger partial charge in [-0.25, -0.2) is 19.6 Å². The van der Waals surface area contributed by atoms with Crippen molar-refractivity contribution in [2.75, 3.05) is 25.1 Å². The van der Waals surface area contributed by atoms with E-state index in [-0.39, 0.29) is 69.4 Å². The average Bonchev–Trinajstić information content (AvgIpc) is 3.92. The van der Waals surface area contributed by atoms with Crippen LogP contribution in [0.2, 0.25) is 10.0 Å². The van der Waals surface area contributed by atoms with E-state index in [4.69, 9.17) is 47.1 Å². The number of hydrogen-bond donors (Lipinski definition) is 3. The van der Waals surface area contributed by atoms with Gasteiger partial charge in [-0.15, -0.1) is 0 Å². The first-order chi connectivity index (χ1) is 30.8. The Morgan fingerprint density at radius 3 is 2.08 bits per heavy atom. The number of nitrogens with one attached hydrogen (secondary N) is 2. The molecule has 0 amide bonds. The van der Waals surface area contributed by atoms with Crippen LogP contribution >= 0.6 is 45.9 Å². The lowest BCUT2D eigenvalue weighted by Crippen LogP contribution is -2.25. The van der Waals surface area contributed by atoms with E-state index in [9.17, 15) is 34.9 Å². The first-order valence-electron chi connectivity index (χ1n) is 18.7. The quantitative estimate of drug-likeness (QED) is 0.0376. The van der Waals surface area contributed by atoms with E-state index in [0.29, 0.717) is 55.2 Å². The first kappa shape index (κ1) is 43.4. The number of halogens is 2. The molecule has 0 spiro atoms. The first-order valence-corrected chi connectivity index (χ1v) is 21.1. The number of para-hydroxylation sites is 2. The molecule has 1 atom stereocenters. The Balaban J connectivity index is 1.14. The topological polar surface area (TPSA) is 252 Å². The molecule has 8 rings (SSSR count). The summed E-state index contributed by atoms with van der Waals surface area (Å²) in [4.78, 5) is 59.7. The normalized spacial score (nSPS) is 13.9. The number of thiazole rings is 2. The molecule has 1 unspecified atom stereocenters. The Morgan fingerprint density at radius 2 is 1.44 bits per heavy atom. The van der Waals surface area contributed by atoms with Crippen LogP contribution in [0.4, 0.5) is 21.6 Å². The zero-order chi connectivity index (χ0) is 45.2. The van der Waals surface area contributed by atoms with Gasteiger partial charge in [0.2, 0.25) is 10.3 Å². The maximum atomic E-state index is 14.4. The van der Waals surface area contributed by atoms with Crippen molar-refractivity contribution in [3.05, 3.63) is 130 Å². The number of fused-ring (bicyclic) bond motifs is 6. The SMILES string of the molecule is COc1cc2c(cc1OC)-c1nc(N/N=C(/Cc3ccccc3[N+](=O)[O-])C(=O)O)sc1C(OC(=O)/C(Cc1ccccc1[N+](=O)[O-])=N/Nc1nc3c(s1)COc1c-3ccc(Cl)c1Cl)C2. The molecular formula is C41H30Cl2N8O11S2. The highest BCUT2D eigenvalue weighted by molar-refractivity contribution is 7.16. The van der Waals surface area contributed by atoms with Crippen LogP contribution in [0.3, 0.4) is 0 Å². The number of esters is 1. The van der Waals surface area contributed by atoms with Gasteiger partial charge < -0.3 is 24.1 Å². The third-order valence-corrected chi connectivity index (χ3v) is 12.7. The second kappa shape index (κ2) is 18.3. The van der Waals surface area contributed by atoms with E-state index in [0.717, 1.165) is 16.2 Å². The fraction of sp³-hybridized carbons (Fsp3) is 0.171. The number of nitrogens with zero attached hydrogens (tertiary/aromatic N) is 6. The van der Waals surface area contributed by atoms with Gasteiger partial charge in [-0.2, -0.15) is 10.2 Å². The van der Waals surface area contributed by atoms with Gasteiger partial charge in [0.05, 0.1) is 50.2 Å². The maximum absolute atomic E-state index is 14.4. The van der Waals surface area contributed by atoms with E-state index < -0.39 is 33.6 Å². The van der Waals surface area contributed by atoms with Crippen molar-refractivity contribution in [2.24, 2.45) is 10.2 Å². The van der Waals surface area contributed by atoms with Crippen LogP contribution in [0.25, 0.3) is 22.5 Å². The molecule has 6 aromatic rings. The van der Waals surface area contributed by atoms with Gasteiger partial charge in [0.1, 0.15) is 29.2 Å². The third-order valence-electron chi connectivity index (χ3n) is 9.96. The fourth-order valence-electron chi connectivity index (χ4n) is 6.98. The number of rotatable bonds is 15. The molecule has 0 saturated heterocycles. The van der Waals surface area contributed by atoms with E-state index in [1.165, 1.54) is 62.0 Å². The number of carboxylic acids is 1. The minimum absolute atomic E-state index is 0.104. The van der Waals surface area contributed by atoms with Gasteiger partial charge in [-0.3, -0.25) is 31.1 Å². The number of anilines is 2. The van der Waals surface area contributed by atoms with Crippen molar-refractivity contribution >= 4 is 90.9 Å². The second-order valence-corrected chi connectivity index (χ2v) is 16.7. The number of carbonyl (C=O) groups is 2. The van der Waals surface area contributed by atoms with Crippen LogP contribution in [0.1, 0.15) is 32.5 Å². The van der Waals surface area contributed by atoms with Crippen molar-refractivity contribution in [2.45, 2.75) is 32.0 Å². The van der Waals surface area contributed by atoms with E-state index in [1.807, 2.05) is 0 Å². The molecule has 2 aromatic heterocycles. The number of nitro benzene ring substituents is 2. The van der Waals surface area contributed by atoms with Gasteiger partial charge in [0.25, 0.3) is 11.4 Å². The summed E-state index contributed by atoms with van der Waals surface area (Å²) >= 11 is 14.8. The van der Waals surface area contributed by atoms with Crippen LogP contribution in [0.15, 0.2) is 83.0 Å². The molecule has 3 N–H and O–H groups in total. The van der Waals surface area contributed by atoms with Gasteiger partial charge >= 0.3 is 11.9 Å². The van der Waals surface area contributed by atoms with E-state index in [1.54, 1.807) is 36.4 Å². The summed E-state index contributed by atoms with van der Waals surface area (Å²) in [5.74, 6) is -1.20. The zero-order valence-electron chi connectivity index (χ0n) is 33.1. The number of hydrogen-bond acceptors (Lipinski definition) is 18. The number of hydrazone groups is 2. The van der Waals surface area contributed by atoms with Crippen LogP contribution in [-0.4, -0.2) is 62.5 Å². The number of aliphatic carboxylic acids is 1. The molecule has 0 radical (unpaired) electrons. The number of nitro groups is 2. The Bertz CT molecular complexity index is 2960. The number of carboxylic acid groups (broad SMARTS) is 1. The molecule has 1 aliphatic carbocycles. The lowest BCUT2D eigenvalue weighted by atomic mass is 9.91. The lowest BCUT2D eigenvalue weighted by Gasteiger charge is -2.25. The van der Waals surface area contributed by atoms with Crippen molar-refractivity contribution < 1.29 is 43.5 Å². The van der Waals surface area contributed by atoms with Crippen molar-refractivity contribution in [1.82, 2.24) is 9.97 Å². The number of ether oxygens (including phenoxy) is 4. The van der Waals surface area contributed by atoms with Crippen LogP contribution in [-0.2, 0) is 40.2 Å². The predicted octanol–water partition coefficient (Wildman–Crippen LogP) is 8.91. The largest absolute Gasteiger partial charge is 0.493 e. The van der Waals surface area contributed by atoms with Gasteiger partial charge in [-0.05, 0) is 29.8 Å². The van der Waals surface area contributed by atoms with Gasteiger partial charge in [-0.1, -0.05) is 82.3 Å².